The second-order valence-corrected chi connectivity index (χ2v) is 7.40. The van der Waals surface area contributed by atoms with E-state index in [0.29, 0.717) is 6.54 Å². The zero-order chi connectivity index (χ0) is 17.2. The van der Waals surface area contributed by atoms with Gasteiger partial charge in [-0.2, -0.15) is 0 Å². The zero-order valence-electron chi connectivity index (χ0n) is 14.9. The number of nitrogens with one attached hydrogen (secondary N) is 2. The van der Waals surface area contributed by atoms with Gasteiger partial charge < -0.3 is 15.0 Å². The van der Waals surface area contributed by atoms with E-state index in [1.807, 2.05) is 6.07 Å². The summed E-state index contributed by atoms with van der Waals surface area (Å²) in [6, 6.07) is 6.04. The monoisotopic (exact) mass is 341 g/mol. The van der Waals surface area contributed by atoms with Crippen molar-refractivity contribution in [3.8, 4) is 0 Å². The molecule has 2 aromatic rings. The predicted octanol–water partition coefficient (Wildman–Crippen LogP) is 2.35. The molecular formula is C20H27N3O2. The minimum atomic E-state index is 0.0222. The molecule has 2 N–H and O–H groups in total. The molecule has 1 fully saturated rings. The van der Waals surface area contributed by atoms with E-state index in [4.69, 9.17) is 4.74 Å². The Balaban J connectivity index is 1.43. The maximum atomic E-state index is 12.5. The first-order chi connectivity index (χ1) is 12.2. The Morgan fingerprint density at radius 1 is 1.36 bits per heavy atom. The molecule has 1 aliphatic heterocycles. The zero-order valence-corrected chi connectivity index (χ0v) is 14.9. The molecule has 25 heavy (non-hydrogen) atoms. The standard InChI is InChI=1S/C20H27N3O2/c1-14-2-4-18-16(12-14)17-13-15(3-5-19(17)22-18)20(24)21-6-7-23-8-10-25-11-9-23/h3,5,13-14,22H,2,4,6-12H2,1H3,(H,21,24)/t14-/m0/s1. The number of hydrogen-bond donors (Lipinski definition) is 2. The topological polar surface area (TPSA) is 57.4 Å². The summed E-state index contributed by atoms with van der Waals surface area (Å²) in [5.74, 6) is 0.742. The Labute approximate surface area is 148 Å². The van der Waals surface area contributed by atoms with Crippen LogP contribution < -0.4 is 5.32 Å². The Morgan fingerprint density at radius 2 is 2.20 bits per heavy atom. The van der Waals surface area contributed by atoms with Gasteiger partial charge in [0.05, 0.1) is 13.2 Å². The van der Waals surface area contributed by atoms with E-state index in [1.165, 1.54) is 23.1 Å². The van der Waals surface area contributed by atoms with E-state index in [0.717, 1.165) is 62.7 Å². The van der Waals surface area contributed by atoms with Crippen LogP contribution in [0.1, 0.15) is 35.0 Å². The van der Waals surface area contributed by atoms with Gasteiger partial charge in [-0.25, -0.2) is 0 Å². The molecule has 1 atom stereocenters. The van der Waals surface area contributed by atoms with Gasteiger partial charge in [-0.15, -0.1) is 0 Å². The van der Waals surface area contributed by atoms with Crippen molar-refractivity contribution in [1.29, 1.82) is 0 Å². The number of hydrogen-bond acceptors (Lipinski definition) is 3. The van der Waals surface area contributed by atoms with Crippen molar-refractivity contribution in [2.45, 2.75) is 26.2 Å². The molecule has 4 rings (SSSR count). The number of H-pyrrole nitrogens is 1. The molecule has 2 heterocycles. The summed E-state index contributed by atoms with van der Waals surface area (Å²) in [6.07, 6.45) is 3.47. The molecule has 5 heteroatoms. The SMILES string of the molecule is C[C@H]1CCc2[nH]c3ccc(C(=O)NCCN4CCOCC4)cc3c2C1. The number of aromatic nitrogens is 1. The minimum Gasteiger partial charge on any atom is -0.379 e. The number of nitrogens with zero attached hydrogens (tertiary/aromatic N) is 1. The number of fused-ring (bicyclic) bond motifs is 3. The number of ether oxygens (including phenoxy) is 1. The molecule has 1 aromatic heterocycles. The van der Waals surface area contributed by atoms with E-state index in [9.17, 15) is 4.79 Å². The quantitative estimate of drug-likeness (QED) is 0.897. The lowest BCUT2D eigenvalue weighted by molar-refractivity contribution is 0.0383. The van der Waals surface area contributed by atoms with Crippen LogP contribution in [0.3, 0.4) is 0 Å². The first-order valence-corrected chi connectivity index (χ1v) is 9.42. The lowest BCUT2D eigenvalue weighted by Crippen LogP contribution is -2.41. The molecule has 0 radical (unpaired) electrons. The third-order valence-electron chi connectivity index (χ3n) is 5.51. The number of benzene rings is 1. The fourth-order valence-corrected chi connectivity index (χ4v) is 3.99. The van der Waals surface area contributed by atoms with Crippen molar-refractivity contribution in [2.75, 3.05) is 39.4 Å². The molecular weight excluding hydrogens is 314 g/mol. The van der Waals surface area contributed by atoms with Gasteiger partial charge in [0.2, 0.25) is 0 Å². The van der Waals surface area contributed by atoms with E-state index in [1.54, 1.807) is 0 Å². The van der Waals surface area contributed by atoms with Crippen LogP contribution in [0.2, 0.25) is 0 Å². The maximum absolute atomic E-state index is 12.5. The van der Waals surface area contributed by atoms with Gasteiger partial charge in [0.15, 0.2) is 0 Å². The second-order valence-electron chi connectivity index (χ2n) is 7.40. The van der Waals surface area contributed by atoms with E-state index in [-0.39, 0.29) is 5.91 Å². The van der Waals surface area contributed by atoms with Crippen LogP contribution in [0.5, 0.6) is 0 Å². The molecule has 0 spiro atoms. The first kappa shape index (κ1) is 16.6. The minimum absolute atomic E-state index is 0.0222. The number of aryl methyl sites for hydroxylation is 1. The van der Waals surface area contributed by atoms with Crippen molar-refractivity contribution in [2.24, 2.45) is 5.92 Å². The Kier molecular flexibility index (Phi) is 4.77. The largest absolute Gasteiger partial charge is 0.379 e. The van der Waals surface area contributed by atoms with Gasteiger partial charge in [-0.05, 0) is 48.9 Å². The van der Waals surface area contributed by atoms with Crippen LogP contribution in [0.4, 0.5) is 0 Å². The highest BCUT2D eigenvalue weighted by atomic mass is 16.5. The number of carbonyl (C=O) groups excluding carboxylic acids is 1. The number of amides is 1. The van der Waals surface area contributed by atoms with Crippen molar-refractivity contribution in [3.05, 3.63) is 35.0 Å². The summed E-state index contributed by atoms with van der Waals surface area (Å²) in [6.45, 7) is 7.37. The van der Waals surface area contributed by atoms with E-state index < -0.39 is 0 Å². The molecule has 0 bridgehead atoms. The molecule has 1 amide bonds. The van der Waals surface area contributed by atoms with Gasteiger partial charge in [0, 0.05) is 48.3 Å². The summed E-state index contributed by atoms with van der Waals surface area (Å²) >= 11 is 0. The highest BCUT2D eigenvalue weighted by Crippen LogP contribution is 2.32. The molecule has 0 unspecified atom stereocenters. The normalized spacial score (nSPS) is 21.2. The number of carbonyl (C=O) groups is 1. The average molecular weight is 341 g/mol. The van der Waals surface area contributed by atoms with Crippen LogP contribution in [0.25, 0.3) is 10.9 Å². The van der Waals surface area contributed by atoms with Crippen molar-refractivity contribution < 1.29 is 9.53 Å². The molecule has 1 saturated heterocycles. The van der Waals surface area contributed by atoms with Gasteiger partial charge in [-0.1, -0.05) is 6.92 Å². The summed E-state index contributed by atoms with van der Waals surface area (Å²) in [5, 5.41) is 4.28. The summed E-state index contributed by atoms with van der Waals surface area (Å²) in [5.41, 5.74) is 4.69. The van der Waals surface area contributed by atoms with Crippen molar-refractivity contribution >= 4 is 16.8 Å². The lowest BCUT2D eigenvalue weighted by atomic mass is 9.87. The van der Waals surface area contributed by atoms with Crippen molar-refractivity contribution in [3.63, 3.8) is 0 Å². The fraction of sp³-hybridized carbons (Fsp3) is 0.550. The van der Waals surface area contributed by atoms with Gasteiger partial charge in [0.1, 0.15) is 0 Å². The van der Waals surface area contributed by atoms with Gasteiger partial charge in [-0.3, -0.25) is 9.69 Å². The summed E-state index contributed by atoms with van der Waals surface area (Å²) < 4.78 is 5.35. The highest BCUT2D eigenvalue weighted by molar-refractivity contribution is 5.99. The number of aromatic amines is 1. The van der Waals surface area contributed by atoms with E-state index >= 15 is 0 Å². The van der Waals surface area contributed by atoms with Crippen LogP contribution in [0, 0.1) is 5.92 Å². The van der Waals surface area contributed by atoms with E-state index in [2.05, 4.69) is 34.3 Å². The van der Waals surface area contributed by atoms with Gasteiger partial charge in [0.25, 0.3) is 5.91 Å². The molecule has 1 aromatic carbocycles. The van der Waals surface area contributed by atoms with Gasteiger partial charge >= 0.3 is 0 Å². The number of morpholine rings is 1. The molecule has 1 aliphatic carbocycles. The Morgan fingerprint density at radius 3 is 3.04 bits per heavy atom. The third kappa shape index (κ3) is 3.58. The summed E-state index contributed by atoms with van der Waals surface area (Å²) in [7, 11) is 0. The molecule has 2 aliphatic rings. The maximum Gasteiger partial charge on any atom is 0.251 e. The highest BCUT2D eigenvalue weighted by Gasteiger charge is 2.20. The Bertz CT molecular complexity index is 762. The molecule has 0 saturated carbocycles. The van der Waals surface area contributed by atoms with Crippen LogP contribution in [0.15, 0.2) is 18.2 Å². The van der Waals surface area contributed by atoms with Crippen molar-refractivity contribution in [1.82, 2.24) is 15.2 Å². The molecule has 134 valence electrons. The average Bonchev–Trinajstić information content (AvgIpc) is 2.99. The smallest absolute Gasteiger partial charge is 0.251 e. The number of rotatable bonds is 4. The van der Waals surface area contributed by atoms with Crippen LogP contribution in [-0.4, -0.2) is 55.2 Å². The van der Waals surface area contributed by atoms with Crippen LogP contribution >= 0.6 is 0 Å². The fourth-order valence-electron chi connectivity index (χ4n) is 3.99. The first-order valence-electron chi connectivity index (χ1n) is 9.42. The molecule has 5 nitrogen and oxygen atoms in total. The summed E-state index contributed by atoms with van der Waals surface area (Å²) in [4.78, 5) is 18.4. The third-order valence-corrected chi connectivity index (χ3v) is 5.51. The Hall–Kier alpha value is -1.85. The van der Waals surface area contributed by atoms with Crippen LogP contribution in [-0.2, 0) is 17.6 Å². The predicted molar refractivity (Wildman–Crippen MR) is 99.1 cm³/mol. The lowest BCUT2D eigenvalue weighted by Gasteiger charge is -2.26. The second kappa shape index (κ2) is 7.18.